The van der Waals surface area contributed by atoms with Crippen molar-refractivity contribution in [2.75, 3.05) is 7.05 Å². The number of aromatic nitrogens is 2. The Morgan fingerprint density at radius 2 is 2.00 bits per heavy atom. The molecule has 3 rings (SSSR count). The first-order chi connectivity index (χ1) is 10.2. The first-order valence-electron chi connectivity index (χ1n) is 7.53. The Hall–Kier alpha value is -2.10. The normalized spacial score (nSPS) is 15.7. The van der Waals surface area contributed by atoms with Gasteiger partial charge in [0.15, 0.2) is 0 Å². The Balaban J connectivity index is 1.74. The second-order valence-electron chi connectivity index (χ2n) is 5.69. The van der Waals surface area contributed by atoms with Crippen LogP contribution in [0.2, 0.25) is 0 Å². The fourth-order valence-electron chi connectivity index (χ4n) is 3.16. The number of hydrogen-bond acceptors (Lipinski definition) is 2. The van der Waals surface area contributed by atoms with Crippen LogP contribution < -0.4 is 0 Å². The van der Waals surface area contributed by atoms with Gasteiger partial charge in [0.1, 0.15) is 6.04 Å². The molecule has 4 heteroatoms. The molecule has 0 radical (unpaired) electrons. The molecule has 0 aliphatic heterocycles. The second kappa shape index (κ2) is 5.72. The Morgan fingerprint density at radius 1 is 1.33 bits per heavy atom. The van der Waals surface area contributed by atoms with Crippen LogP contribution in [-0.2, 0) is 17.6 Å². The summed E-state index contributed by atoms with van der Waals surface area (Å²) in [6.45, 7) is 2.03. The summed E-state index contributed by atoms with van der Waals surface area (Å²) in [5.74, 6) is 0.152. The Morgan fingerprint density at radius 3 is 2.52 bits per heavy atom. The molecule has 4 nitrogen and oxygen atoms in total. The van der Waals surface area contributed by atoms with Gasteiger partial charge in [-0.2, -0.15) is 5.10 Å². The molecular formula is C17H21N3O. The lowest BCUT2D eigenvalue weighted by Crippen LogP contribution is -2.42. The summed E-state index contributed by atoms with van der Waals surface area (Å²) in [4.78, 5) is 14.7. The quantitative estimate of drug-likeness (QED) is 0.864. The van der Waals surface area contributed by atoms with Gasteiger partial charge in [-0.3, -0.25) is 9.48 Å². The number of rotatable bonds is 4. The van der Waals surface area contributed by atoms with E-state index < -0.39 is 0 Å². The number of likely N-dealkylation sites (N-methyl/N-ethyl adjacent to an activating group) is 1. The summed E-state index contributed by atoms with van der Waals surface area (Å²) in [7, 11) is 1.92. The molecule has 1 aliphatic carbocycles. The molecule has 21 heavy (non-hydrogen) atoms. The van der Waals surface area contributed by atoms with Gasteiger partial charge in [0.25, 0.3) is 0 Å². The van der Waals surface area contributed by atoms with Gasteiger partial charge in [-0.15, -0.1) is 0 Å². The average molecular weight is 283 g/mol. The van der Waals surface area contributed by atoms with Gasteiger partial charge in [0, 0.05) is 25.5 Å². The lowest BCUT2D eigenvalue weighted by Gasteiger charge is -2.28. The van der Waals surface area contributed by atoms with Crippen molar-refractivity contribution in [2.45, 2.75) is 38.3 Å². The molecule has 1 aromatic heterocycles. The van der Waals surface area contributed by atoms with Crippen LogP contribution in [0.3, 0.4) is 0 Å². The smallest absolute Gasteiger partial charge is 0.247 e. The van der Waals surface area contributed by atoms with Crippen LogP contribution in [-0.4, -0.2) is 33.7 Å². The van der Waals surface area contributed by atoms with E-state index in [9.17, 15) is 4.79 Å². The molecule has 0 N–H and O–H groups in total. The van der Waals surface area contributed by atoms with Crippen LogP contribution >= 0.6 is 0 Å². The Labute approximate surface area is 125 Å². The third-order valence-corrected chi connectivity index (χ3v) is 4.44. The SMILES string of the molecule is CC[C@@H](C(=O)N(C)C1Cc2ccccc2C1)n1cccn1. The number of amides is 1. The van der Waals surface area contributed by atoms with Crippen molar-refractivity contribution in [2.24, 2.45) is 0 Å². The van der Waals surface area contributed by atoms with Gasteiger partial charge >= 0.3 is 0 Å². The number of carbonyl (C=O) groups excluding carboxylic acids is 1. The summed E-state index contributed by atoms with van der Waals surface area (Å²) < 4.78 is 1.76. The van der Waals surface area contributed by atoms with Gasteiger partial charge < -0.3 is 4.90 Å². The lowest BCUT2D eigenvalue weighted by molar-refractivity contribution is -0.135. The van der Waals surface area contributed by atoms with E-state index in [1.807, 2.05) is 31.1 Å². The highest BCUT2D eigenvalue weighted by atomic mass is 16.2. The highest BCUT2D eigenvalue weighted by molar-refractivity contribution is 5.80. The van der Waals surface area contributed by atoms with Crippen molar-refractivity contribution in [1.29, 1.82) is 0 Å². The van der Waals surface area contributed by atoms with Crippen molar-refractivity contribution in [1.82, 2.24) is 14.7 Å². The lowest BCUT2D eigenvalue weighted by atomic mass is 10.1. The molecule has 0 spiro atoms. The van der Waals surface area contributed by atoms with Crippen molar-refractivity contribution in [3.05, 3.63) is 53.9 Å². The van der Waals surface area contributed by atoms with Crippen LogP contribution in [0.25, 0.3) is 0 Å². The van der Waals surface area contributed by atoms with Crippen LogP contribution in [0.4, 0.5) is 0 Å². The van der Waals surface area contributed by atoms with E-state index >= 15 is 0 Å². The molecule has 1 atom stereocenters. The zero-order valence-corrected chi connectivity index (χ0v) is 12.6. The molecule has 2 aromatic rings. The summed E-state index contributed by atoms with van der Waals surface area (Å²) in [6, 6.07) is 10.4. The van der Waals surface area contributed by atoms with Crippen LogP contribution in [0.5, 0.6) is 0 Å². The number of fused-ring (bicyclic) bond motifs is 1. The first-order valence-corrected chi connectivity index (χ1v) is 7.53. The molecule has 1 aromatic carbocycles. The number of nitrogens with zero attached hydrogens (tertiary/aromatic N) is 3. The van der Waals surface area contributed by atoms with E-state index in [1.165, 1.54) is 11.1 Å². The summed E-state index contributed by atoms with van der Waals surface area (Å²) in [6.07, 6.45) is 6.25. The summed E-state index contributed by atoms with van der Waals surface area (Å²) in [5.41, 5.74) is 2.74. The van der Waals surface area contributed by atoms with Crippen LogP contribution in [0.15, 0.2) is 42.7 Å². The van der Waals surface area contributed by atoms with Crippen LogP contribution in [0.1, 0.15) is 30.5 Å². The molecule has 0 saturated carbocycles. The highest BCUT2D eigenvalue weighted by Crippen LogP contribution is 2.26. The van der Waals surface area contributed by atoms with Crippen molar-refractivity contribution >= 4 is 5.91 Å². The van der Waals surface area contributed by atoms with Gasteiger partial charge in [-0.1, -0.05) is 31.2 Å². The summed E-state index contributed by atoms with van der Waals surface area (Å²) >= 11 is 0. The minimum Gasteiger partial charge on any atom is -0.340 e. The van der Waals surface area contributed by atoms with E-state index in [0.717, 1.165) is 19.3 Å². The maximum atomic E-state index is 12.8. The van der Waals surface area contributed by atoms with E-state index in [4.69, 9.17) is 0 Å². The predicted octanol–water partition coefficient (Wildman–Crippen LogP) is 2.46. The highest BCUT2D eigenvalue weighted by Gasteiger charge is 2.31. The maximum absolute atomic E-state index is 12.8. The molecule has 1 aliphatic rings. The number of benzene rings is 1. The Kier molecular flexibility index (Phi) is 3.78. The predicted molar refractivity (Wildman–Crippen MR) is 82.0 cm³/mol. The van der Waals surface area contributed by atoms with Crippen molar-refractivity contribution in [3.63, 3.8) is 0 Å². The average Bonchev–Trinajstić information content (AvgIpc) is 3.16. The molecule has 0 unspecified atom stereocenters. The second-order valence-corrected chi connectivity index (χ2v) is 5.69. The minimum absolute atomic E-state index is 0.152. The zero-order chi connectivity index (χ0) is 14.8. The molecule has 0 bridgehead atoms. The van der Waals surface area contributed by atoms with Crippen LogP contribution in [0, 0.1) is 0 Å². The molecule has 110 valence electrons. The molecule has 0 fully saturated rings. The van der Waals surface area contributed by atoms with Crippen molar-refractivity contribution in [3.8, 4) is 0 Å². The molecular weight excluding hydrogens is 262 g/mol. The van der Waals surface area contributed by atoms with Gasteiger partial charge in [-0.25, -0.2) is 0 Å². The van der Waals surface area contributed by atoms with E-state index in [0.29, 0.717) is 0 Å². The van der Waals surface area contributed by atoms with E-state index in [1.54, 1.807) is 10.9 Å². The fourth-order valence-corrected chi connectivity index (χ4v) is 3.16. The standard InChI is InChI=1S/C17H21N3O/c1-3-16(20-10-6-9-18-20)17(21)19(2)15-11-13-7-4-5-8-14(13)12-15/h4-10,15-16H,3,11-12H2,1-2H3/t16-/m0/s1. The third kappa shape index (κ3) is 2.58. The van der Waals surface area contributed by atoms with Gasteiger partial charge in [0.2, 0.25) is 5.91 Å². The number of carbonyl (C=O) groups is 1. The summed E-state index contributed by atoms with van der Waals surface area (Å²) in [5, 5.41) is 4.23. The van der Waals surface area contributed by atoms with Crippen molar-refractivity contribution < 1.29 is 4.79 Å². The fraction of sp³-hybridized carbons (Fsp3) is 0.412. The molecule has 1 heterocycles. The van der Waals surface area contributed by atoms with E-state index in [-0.39, 0.29) is 18.0 Å². The largest absolute Gasteiger partial charge is 0.340 e. The molecule has 1 amide bonds. The van der Waals surface area contributed by atoms with Gasteiger partial charge in [-0.05, 0) is 36.5 Å². The van der Waals surface area contributed by atoms with E-state index in [2.05, 4.69) is 29.4 Å². The third-order valence-electron chi connectivity index (χ3n) is 4.44. The number of hydrogen-bond donors (Lipinski definition) is 0. The van der Waals surface area contributed by atoms with Gasteiger partial charge in [0.05, 0.1) is 0 Å². The molecule has 0 saturated heterocycles. The Bertz CT molecular complexity index is 596. The zero-order valence-electron chi connectivity index (χ0n) is 12.6. The maximum Gasteiger partial charge on any atom is 0.247 e. The minimum atomic E-state index is -0.200. The first kappa shape index (κ1) is 13.9. The topological polar surface area (TPSA) is 38.1 Å². The monoisotopic (exact) mass is 283 g/mol.